The van der Waals surface area contributed by atoms with Crippen molar-refractivity contribution in [1.29, 1.82) is 0 Å². The third-order valence-electron chi connectivity index (χ3n) is 2.64. The van der Waals surface area contributed by atoms with E-state index in [-0.39, 0.29) is 16.5 Å². The van der Waals surface area contributed by atoms with Crippen molar-refractivity contribution in [2.24, 2.45) is 0 Å². The van der Waals surface area contributed by atoms with E-state index in [1.807, 2.05) is 4.72 Å². The predicted molar refractivity (Wildman–Crippen MR) is 74.5 cm³/mol. The van der Waals surface area contributed by atoms with Crippen molar-refractivity contribution in [3.63, 3.8) is 0 Å². The van der Waals surface area contributed by atoms with Crippen LogP contribution in [0.5, 0.6) is 0 Å². The number of hydrogen-bond acceptors (Lipinski definition) is 3. The zero-order valence-electron chi connectivity index (χ0n) is 10.5. The topological polar surface area (TPSA) is 66.4 Å². The molecule has 21 heavy (non-hydrogen) atoms. The van der Waals surface area contributed by atoms with Gasteiger partial charge in [0.25, 0.3) is 10.0 Å². The first-order chi connectivity index (χ1) is 9.83. The fraction of sp³-hybridized carbons (Fsp3) is 0.0769. The van der Waals surface area contributed by atoms with Gasteiger partial charge < -0.3 is 5.11 Å². The summed E-state index contributed by atoms with van der Waals surface area (Å²) in [5.41, 5.74) is -0.208. The van der Waals surface area contributed by atoms with Crippen LogP contribution in [0.4, 0.5) is 14.5 Å². The van der Waals surface area contributed by atoms with Gasteiger partial charge in [-0.3, -0.25) is 4.72 Å². The number of benzene rings is 2. The highest BCUT2D eigenvalue weighted by molar-refractivity contribution is 7.92. The van der Waals surface area contributed by atoms with Gasteiger partial charge in [-0.15, -0.1) is 0 Å². The fourth-order valence-corrected chi connectivity index (χ4v) is 3.24. The highest BCUT2D eigenvalue weighted by Gasteiger charge is 2.20. The van der Waals surface area contributed by atoms with Gasteiger partial charge in [-0.05, 0) is 29.8 Å². The summed E-state index contributed by atoms with van der Waals surface area (Å²) in [5.74, 6) is -1.71. The van der Waals surface area contributed by atoms with Gasteiger partial charge in [0.2, 0.25) is 0 Å². The highest BCUT2D eigenvalue weighted by Crippen LogP contribution is 2.26. The summed E-state index contributed by atoms with van der Waals surface area (Å²) < 4.78 is 52.9. The molecule has 0 fully saturated rings. The summed E-state index contributed by atoms with van der Waals surface area (Å²) >= 11 is 5.81. The fourth-order valence-electron chi connectivity index (χ4n) is 1.63. The lowest BCUT2D eigenvalue weighted by Crippen LogP contribution is -2.15. The Bertz CT molecular complexity index is 781. The normalized spacial score (nSPS) is 11.4. The summed E-state index contributed by atoms with van der Waals surface area (Å²) in [6.45, 7) is -0.381. The van der Waals surface area contributed by atoms with E-state index in [1.165, 1.54) is 12.1 Å². The van der Waals surface area contributed by atoms with Crippen LogP contribution in [-0.2, 0) is 16.6 Å². The Kier molecular flexibility index (Phi) is 4.46. The van der Waals surface area contributed by atoms with E-state index in [2.05, 4.69) is 0 Å². The molecule has 0 aliphatic carbocycles. The molecular weight excluding hydrogens is 324 g/mol. The van der Waals surface area contributed by atoms with Crippen LogP contribution >= 0.6 is 11.6 Å². The first-order valence-corrected chi connectivity index (χ1v) is 7.57. The molecule has 0 aromatic heterocycles. The maximum Gasteiger partial charge on any atom is 0.263 e. The van der Waals surface area contributed by atoms with E-state index in [4.69, 9.17) is 16.7 Å². The van der Waals surface area contributed by atoms with Crippen LogP contribution in [0.25, 0.3) is 0 Å². The molecule has 0 aliphatic heterocycles. The minimum Gasteiger partial charge on any atom is -0.392 e. The quantitative estimate of drug-likeness (QED) is 0.904. The van der Waals surface area contributed by atoms with E-state index < -0.39 is 27.3 Å². The third kappa shape index (κ3) is 3.49. The molecule has 0 saturated heterocycles. The SMILES string of the molecule is O=S(=O)(Nc1cc(F)ccc1F)c1cc(CO)ccc1Cl. The molecule has 0 aliphatic rings. The van der Waals surface area contributed by atoms with Crippen LogP contribution in [0, 0.1) is 11.6 Å². The molecule has 2 rings (SSSR count). The first-order valence-electron chi connectivity index (χ1n) is 5.70. The van der Waals surface area contributed by atoms with Gasteiger partial charge in [-0.25, -0.2) is 17.2 Å². The van der Waals surface area contributed by atoms with Gasteiger partial charge in [-0.1, -0.05) is 17.7 Å². The Hall–Kier alpha value is -1.70. The van der Waals surface area contributed by atoms with Crippen LogP contribution in [-0.4, -0.2) is 13.5 Å². The summed E-state index contributed by atoms with van der Waals surface area (Å²) in [4.78, 5) is -0.334. The molecule has 0 atom stereocenters. The zero-order valence-corrected chi connectivity index (χ0v) is 12.0. The first kappa shape index (κ1) is 15.7. The summed E-state index contributed by atoms with van der Waals surface area (Å²) in [6.07, 6.45) is 0. The number of anilines is 1. The van der Waals surface area contributed by atoms with Gasteiger partial charge >= 0.3 is 0 Å². The maximum absolute atomic E-state index is 13.5. The van der Waals surface area contributed by atoms with Gasteiger partial charge in [0.05, 0.1) is 17.3 Å². The Morgan fingerprint density at radius 2 is 1.86 bits per heavy atom. The van der Waals surface area contributed by atoms with E-state index in [0.717, 1.165) is 24.3 Å². The minimum atomic E-state index is -4.22. The molecule has 0 heterocycles. The van der Waals surface area contributed by atoms with Gasteiger partial charge in [0.15, 0.2) is 0 Å². The van der Waals surface area contributed by atoms with Crippen LogP contribution in [0.2, 0.25) is 5.02 Å². The van der Waals surface area contributed by atoms with Gasteiger partial charge in [0, 0.05) is 6.07 Å². The summed E-state index contributed by atoms with van der Waals surface area (Å²) in [6, 6.07) is 6.29. The van der Waals surface area contributed by atoms with Crippen LogP contribution in [0.1, 0.15) is 5.56 Å². The number of hydrogen-bond donors (Lipinski definition) is 2. The van der Waals surface area contributed by atoms with Crippen molar-refractivity contribution in [2.45, 2.75) is 11.5 Å². The number of aliphatic hydroxyl groups excluding tert-OH is 1. The Labute approximate surface area is 125 Å². The lowest BCUT2D eigenvalue weighted by atomic mass is 10.2. The molecule has 2 aromatic carbocycles. The van der Waals surface area contributed by atoms with E-state index in [1.54, 1.807) is 0 Å². The Morgan fingerprint density at radius 3 is 2.52 bits per heavy atom. The number of nitrogens with one attached hydrogen (secondary N) is 1. The minimum absolute atomic E-state index is 0.100. The second-order valence-corrected chi connectivity index (χ2v) is 6.21. The molecule has 0 unspecified atom stereocenters. The van der Waals surface area contributed by atoms with E-state index in [0.29, 0.717) is 5.56 Å². The average molecular weight is 334 g/mol. The molecule has 8 heteroatoms. The Morgan fingerprint density at radius 1 is 1.14 bits per heavy atom. The summed E-state index contributed by atoms with van der Waals surface area (Å²) in [7, 11) is -4.22. The van der Waals surface area contributed by atoms with Crippen molar-refractivity contribution in [2.75, 3.05) is 4.72 Å². The van der Waals surface area contributed by atoms with Crippen molar-refractivity contribution in [3.8, 4) is 0 Å². The van der Waals surface area contributed by atoms with Crippen LogP contribution in [0.3, 0.4) is 0 Å². The van der Waals surface area contributed by atoms with Crippen LogP contribution < -0.4 is 4.72 Å². The summed E-state index contributed by atoms with van der Waals surface area (Å²) in [5, 5.41) is 8.92. The molecule has 4 nitrogen and oxygen atoms in total. The molecule has 2 N–H and O–H groups in total. The molecule has 0 spiro atoms. The smallest absolute Gasteiger partial charge is 0.263 e. The lowest BCUT2D eigenvalue weighted by Gasteiger charge is -2.11. The predicted octanol–water partition coefficient (Wildman–Crippen LogP) is 2.91. The largest absolute Gasteiger partial charge is 0.392 e. The third-order valence-corrected chi connectivity index (χ3v) is 4.49. The molecule has 0 amide bonds. The monoisotopic (exact) mass is 333 g/mol. The van der Waals surface area contributed by atoms with E-state index in [9.17, 15) is 17.2 Å². The maximum atomic E-state index is 13.5. The standard InChI is InChI=1S/C13H10ClF2NO3S/c14-10-3-1-8(7-18)5-13(10)21(19,20)17-12-6-9(15)2-4-11(12)16/h1-6,17-18H,7H2. The number of rotatable bonds is 4. The van der Waals surface area contributed by atoms with Crippen molar-refractivity contribution >= 4 is 27.3 Å². The van der Waals surface area contributed by atoms with Crippen molar-refractivity contribution in [1.82, 2.24) is 0 Å². The molecule has 0 bridgehead atoms. The molecule has 2 aromatic rings. The van der Waals surface area contributed by atoms with Gasteiger partial charge in [-0.2, -0.15) is 0 Å². The van der Waals surface area contributed by atoms with Crippen molar-refractivity contribution in [3.05, 3.63) is 58.6 Å². The van der Waals surface area contributed by atoms with E-state index >= 15 is 0 Å². The second kappa shape index (κ2) is 5.97. The second-order valence-electron chi connectivity index (χ2n) is 4.15. The lowest BCUT2D eigenvalue weighted by molar-refractivity contribution is 0.281. The molecule has 0 saturated carbocycles. The molecular formula is C13H10ClF2NO3S. The number of halogens is 3. The molecule has 0 radical (unpaired) electrons. The average Bonchev–Trinajstić information content (AvgIpc) is 2.43. The Balaban J connectivity index is 2.45. The zero-order chi connectivity index (χ0) is 15.6. The number of aliphatic hydroxyl groups is 1. The van der Waals surface area contributed by atoms with Crippen molar-refractivity contribution < 1.29 is 22.3 Å². The van der Waals surface area contributed by atoms with Gasteiger partial charge in [0.1, 0.15) is 16.5 Å². The highest BCUT2D eigenvalue weighted by atomic mass is 35.5. The molecule has 112 valence electrons. The number of sulfonamides is 1. The van der Waals surface area contributed by atoms with Crippen LogP contribution in [0.15, 0.2) is 41.3 Å².